The minimum atomic E-state index is -3.70. The Bertz CT molecular complexity index is 484. The largest absolute Gasteiger partial charge is 0.448 e. The monoisotopic (exact) mass is 271 g/mol. The summed E-state index contributed by atoms with van der Waals surface area (Å²) in [7, 11) is -3.70. The zero-order valence-corrected chi connectivity index (χ0v) is 11.3. The summed E-state index contributed by atoms with van der Waals surface area (Å²) in [6, 6.07) is 8.15. The van der Waals surface area contributed by atoms with Gasteiger partial charge in [0, 0.05) is 0 Å². The Hall–Kier alpha value is -1.56. The highest BCUT2D eigenvalue weighted by molar-refractivity contribution is 7.92. The van der Waals surface area contributed by atoms with Gasteiger partial charge in [0.2, 0.25) is 10.0 Å². The van der Waals surface area contributed by atoms with Gasteiger partial charge in [-0.3, -0.25) is 0 Å². The molecule has 0 bridgehead atoms. The lowest BCUT2D eigenvalue weighted by Gasteiger charge is -2.19. The molecule has 1 aromatic carbocycles. The zero-order valence-electron chi connectivity index (χ0n) is 10.5. The first-order chi connectivity index (χ1) is 8.46. The van der Waals surface area contributed by atoms with Crippen LogP contribution in [0.25, 0.3) is 0 Å². The molecule has 0 saturated carbocycles. The molecule has 0 fully saturated rings. The van der Waals surface area contributed by atoms with Crippen molar-refractivity contribution in [3.8, 4) is 0 Å². The molecule has 0 aliphatic rings. The number of nitrogens with zero attached hydrogens (tertiary/aromatic N) is 1. The average molecular weight is 271 g/mol. The van der Waals surface area contributed by atoms with Crippen molar-refractivity contribution in [2.75, 3.05) is 17.2 Å². The molecule has 0 heterocycles. The molecule has 18 heavy (non-hydrogen) atoms. The summed E-state index contributed by atoms with van der Waals surface area (Å²) in [6.45, 7) is 2.17. The normalized spacial score (nSPS) is 11.0. The van der Waals surface area contributed by atoms with E-state index < -0.39 is 16.1 Å². The van der Waals surface area contributed by atoms with Crippen LogP contribution in [0.5, 0.6) is 0 Å². The van der Waals surface area contributed by atoms with E-state index in [1.54, 1.807) is 30.3 Å². The predicted molar refractivity (Wildman–Crippen MR) is 70.0 cm³/mol. The van der Waals surface area contributed by atoms with Crippen LogP contribution >= 0.6 is 0 Å². The fraction of sp³-hybridized carbons (Fsp3) is 0.417. The van der Waals surface area contributed by atoms with Gasteiger partial charge < -0.3 is 4.74 Å². The summed E-state index contributed by atoms with van der Waals surface area (Å²) in [5.41, 5.74) is 0.279. The van der Waals surface area contributed by atoms with Crippen LogP contribution in [0.4, 0.5) is 10.5 Å². The Morgan fingerprint density at radius 3 is 2.39 bits per heavy atom. The molecule has 0 aliphatic heterocycles. The number of anilines is 1. The smallest absolute Gasteiger partial charge is 0.428 e. The van der Waals surface area contributed by atoms with Crippen molar-refractivity contribution >= 4 is 21.8 Å². The van der Waals surface area contributed by atoms with Crippen molar-refractivity contribution in [2.45, 2.75) is 19.8 Å². The van der Waals surface area contributed by atoms with Gasteiger partial charge in [-0.05, 0) is 18.6 Å². The molecule has 6 heteroatoms. The summed E-state index contributed by atoms with van der Waals surface area (Å²) in [4.78, 5) is 11.8. The first kappa shape index (κ1) is 14.5. The molecule has 0 unspecified atom stereocenters. The fourth-order valence-corrected chi connectivity index (χ4v) is 2.19. The number of hydrogen-bond donors (Lipinski definition) is 0. The molecule has 1 amide bonds. The number of rotatable bonds is 5. The van der Waals surface area contributed by atoms with Crippen molar-refractivity contribution in [1.82, 2.24) is 0 Å². The molecule has 0 radical (unpaired) electrons. The van der Waals surface area contributed by atoms with E-state index in [0.29, 0.717) is 10.7 Å². The Labute approximate surface area is 107 Å². The second-order valence-electron chi connectivity index (χ2n) is 3.83. The molecule has 0 aromatic heterocycles. The van der Waals surface area contributed by atoms with E-state index in [2.05, 4.69) is 0 Å². The lowest BCUT2D eigenvalue weighted by molar-refractivity contribution is 0.156. The highest BCUT2D eigenvalue weighted by Gasteiger charge is 2.26. The minimum absolute atomic E-state index is 0.216. The molecule has 1 rings (SSSR count). The second kappa shape index (κ2) is 6.39. The summed E-state index contributed by atoms with van der Waals surface area (Å²) in [6.07, 6.45) is 1.69. The van der Waals surface area contributed by atoms with Crippen LogP contribution in [0.2, 0.25) is 0 Å². The molecular weight excluding hydrogens is 254 g/mol. The average Bonchev–Trinajstić information content (AvgIpc) is 2.29. The fourth-order valence-electron chi connectivity index (χ4n) is 1.36. The van der Waals surface area contributed by atoms with Gasteiger partial charge in [-0.25, -0.2) is 13.2 Å². The van der Waals surface area contributed by atoms with Gasteiger partial charge in [0.25, 0.3) is 0 Å². The van der Waals surface area contributed by atoms with E-state index in [1.165, 1.54) is 0 Å². The molecule has 0 atom stereocenters. The molecule has 0 spiro atoms. The highest BCUT2D eigenvalue weighted by Crippen LogP contribution is 2.18. The molecule has 100 valence electrons. The second-order valence-corrected chi connectivity index (χ2v) is 5.66. The van der Waals surface area contributed by atoms with Gasteiger partial charge in [0.1, 0.15) is 0 Å². The van der Waals surface area contributed by atoms with Gasteiger partial charge in [-0.15, -0.1) is 0 Å². The lowest BCUT2D eigenvalue weighted by atomic mass is 10.3. The zero-order chi connectivity index (χ0) is 13.6. The maximum Gasteiger partial charge on any atom is 0.428 e. The lowest BCUT2D eigenvalue weighted by Crippen LogP contribution is -2.36. The first-order valence-corrected chi connectivity index (χ1v) is 7.53. The summed E-state index contributed by atoms with van der Waals surface area (Å²) in [5, 5.41) is 0. The Morgan fingerprint density at radius 2 is 1.89 bits per heavy atom. The third-order valence-electron chi connectivity index (χ3n) is 2.21. The van der Waals surface area contributed by atoms with Crippen LogP contribution < -0.4 is 4.31 Å². The van der Waals surface area contributed by atoms with Crippen LogP contribution in [0.1, 0.15) is 19.8 Å². The number of benzene rings is 1. The quantitative estimate of drug-likeness (QED) is 0.771. The van der Waals surface area contributed by atoms with Crippen LogP contribution in [0.3, 0.4) is 0 Å². The third-order valence-corrected chi connectivity index (χ3v) is 3.23. The summed E-state index contributed by atoms with van der Waals surface area (Å²) in [5.74, 6) is 0. The Kier molecular flexibility index (Phi) is 5.15. The van der Waals surface area contributed by atoms with Crippen molar-refractivity contribution in [3.05, 3.63) is 30.3 Å². The predicted octanol–water partition coefficient (Wildman–Crippen LogP) is 2.39. The van der Waals surface area contributed by atoms with E-state index in [0.717, 1.165) is 12.7 Å². The minimum Gasteiger partial charge on any atom is -0.448 e. The summed E-state index contributed by atoms with van der Waals surface area (Å²) < 4.78 is 28.9. The van der Waals surface area contributed by atoms with Crippen LogP contribution in [-0.4, -0.2) is 27.4 Å². The van der Waals surface area contributed by atoms with Crippen molar-refractivity contribution in [2.24, 2.45) is 0 Å². The molecule has 0 saturated heterocycles. The third kappa shape index (κ3) is 4.03. The number of para-hydroxylation sites is 1. The number of unbranched alkanes of at least 4 members (excludes halogenated alkanes) is 1. The molecule has 0 aliphatic carbocycles. The van der Waals surface area contributed by atoms with E-state index in [1.807, 2.05) is 6.92 Å². The Balaban J connectivity index is 2.91. The highest BCUT2D eigenvalue weighted by atomic mass is 32.2. The molecule has 5 nitrogen and oxygen atoms in total. The van der Waals surface area contributed by atoms with Gasteiger partial charge >= 0.3 is 6.09 Å². The van der Waals surface area contributed by atoms with Gasteiger partial charge in [0.05, 0.1) is 18.6 Å². The van der Waals surface area contributed by atoms with Crippen LogP contribution in [-0.2, 0) is 14.8 Å². The standard InChI is InChI=1S/C12H17NO4S/c1-3-4-10-17-12(14)13(18(2,15)16)11-8-6-5-7-9-11/h5-9H,3-4,10H2,1-2H3. The maximum atomic E-state index is 11.8. The molecule has 1 aromatic rings. The molecule has 0 N–H and O–H groups in total. The number of ether oxygens (including phenoxy) is 1. The van der Waals surface area contributed by atoms with E-state index in [4.69, 9.17) is 4.74 Å². The number of amides is 1. The summed E-state index contributed by atoms with van der Waals surface area (Å²) >= 11 is 0. The molecular formula is C12H17NO4S. The van der Waals surface area contributed by atoms with Gasteiger partial charge in [0.15, 0.2) is 0 Å². The van der Waals surface area contributed by atoms with Crippen molar-refractivity contribution in [1.29, 1.82) is 0 Å². The number of carbonyl (C=O) groups is 1. The maximum absolute atomic E-state index is 11.8. The van der Waals surface area contributed by atoms with Crippen molar-refractivity contribution < 1.29 is 17.9 Å². The van der Waals surface area contributed by atoms with Gasteiger partial charge in [-0.1, -0.05) is 31.5 Å². The number of carbonyl (C=O) groups excluding carboxylic acids is 1. The van der Waals surface area contributed by atoms with Crippen LogP contribution in [0, 0.1) is 0 Å². The first-order valence-electron chi connectivity index (χ1n) is 5.69. The number of sulfonamides is 1. The Morgan fingerprint density at radius 1 is 1.28 bits per heavy atom. The van der Waals surface area contributed by atoms with E-state index >= 15 is 0 Å². The number of hydrogen-bond acceptors (Lipinski definition) is 4. The van der Waals surface area contributed by atoms with E-state index in [-0.39, 0.29) is 12.3 Å². The van der Waals surface area contributed by atoms with Gasteiger partial charge in [-0.2, -0.15) is 4.31 Å². The van der Waals surface area contributed by atoms with Crippen molar-refractivity contribution in [3.63, 3.8) is 0 Å². The SMILES string of the molecule is CCCCOC(=O)N(c1ccccc1)S(C)(=O)=O. The van der Waals surface area contributed by atoms with E-state index in [9.17, 15) is 13.2 Å². The topological polar surface area (TPSA) is 63.7 Å². The van der Waals surface area contributed by atoms with Crippen LogP contribution in [0.15, 0.2) is 30.3 Å².